The number of para-hydroxylation sites is 1. The Kier molecular flexibility index (Phi) is 7.19. The van der Waals surface area contributed by atoms with Gasteiger partial charge in [0.2, 0.25) is 5.75 Å². The molecule has 182 valence electrons. The van der Waals surface area contributed by atoms with Crippen LogP contribution in [0.5, 0.6) is 17.2 Å². The molecule has 35 heavy (non-hydrogen) atoms. The van der Waals surface area contributed by atoms with Gasteiger partial charge >= 0.3 is 0 Å². The van der Waals surface area contributed by atoms with Gasteiger partial charge in [-0.3, -0.25) is 9.48 Å². The number of methoxy groups -OCH3 is 3. The summed E-state index contributed by atoms with van der Waals surface area (Å²) >= 11 is 0. The van der Waals surface area contributed by atoms with Crippen molar-refractivity contribution in [1.29, 1.82) is 0 Å². The molecule has 2 aromatic carbocycles. The third-order valence-electron chi connectivity index (χ3n) is 5.86. The van der Waals surface area contributed by atoms with Crippen molar-refractivity contribution in [3.05, 3.63) is 65.5 Å². The Labute approximate surface area is 204 Å². The lowest BCUT2D eigenvalue weighted by atomic mass is 10.0. The Morgan fingerprint density at radius 3 is 2.31 bits per heavy atom. The van der Waals surface area contributed by atoms with E-state index in [2.05, 4.69) is 10.4 Å². The summed E-state index contributed by atoms with van der Waals surface area (Å²) in [6.45, 7) is 5.29. The van der Waals surface area contributed by atoms with Crippen molar-refractivity contribution in [3.63, 3.8) is 0 Å². The normalized spacial score (nSPS) is 10.9. The highest BCUT2D eigenvalue weighted by Gasteiger charge is 2.18. The van der Waals surface area contributed by atoms with Crippen LogP contribution >= 0.6 is 0 Å². The van der Waals surface area contributed by atoms with Gasteiger partial charge in [0.1, 0.15) is 0 Å². The second-order valence-electron chi connectivity index (χ2n) is 8.25. The summed E-state index contributed by atoms with van der Waals surface area (Å²) in [6, 6.07) is 15.1. The molecular formula is C27H30N4O4. The molecule has 1 N–H and O–H groups in total. The lowest BCUT2D eigenvalue weighted by Crippen LogP contribution is -2.26. The van der Waals surface area contributed by atoms with E-state index in [1.807, 2.05) is 61.0 Å². The number of hydrogen-bond donors (Lipinski definition) is 1. The highest BCUT2D eigenvalue weighted by molar-refractivity contribution is 6.07. The average molecular weight is 475 g/mol. The maximum Gasteiger partial charge on any atom is 0.252 e. The van der Waals surface area contributed by atoms with E-state index in [1.54, 1.807) is 27.4 Å². The van der Waals surface area contributed by atoms with Crippen molar-refractivity contribution in [2.24, 2.45) is 0 Å². The lowest BCUT2D eigenvalue weighted by molar-refractivity contribution is 0.0954. The molecule has 2 heterocycles. The SMILES string of the molecule is COc1cc(-c2cc(C(=O)NCCCn3nc(C)cc3C)c3ccccc3n2)cc(OC)c1OC. The smallest absolute Gasteiger partial charge is 0.252 e. The molecule has 8 nitrogen and oxygen atoms in total. The van der Waals surface area contributed by atoms with E-state index < -0.39 is 0 Å². The molecule has 0 aliphatic rings. The molecular weight excluding hydrogens is 444 g/mol. The first-order valence-corrected chi connectivity index (χ1v) is 11.4. The zero-order valence-electron chi connectivity index (χ0n) is 20.7. The first-order chi connectivity index (χ1) is 16.9. The highest BCUT2D eigenvalue weighted by atomic mass is 16.5. The van der Waals surface area contributed by atoms with Gasteiger partial charge in [-0.05, 0) is 50.6 Å². The molecule has 0 aliphatic heterocycles. The van der Waals surface area contributed by atoms with Gasteiger partial charge in [0.25, 0.3) is 5.91 Å². The second kappa shape index (κ2) is 10.5. The van der Waals surface area contributed by atoms with Crippen LogP contribution in [0.4, 0.5) is 0 Å². The molecule has 0 spiro atoms. The molecule has 0 saturated carbocycles. The minimum Gasteiger partial charge on any atom is -0.493 e. The van der Waals surface area contributed by atoms with E-state index in [1.165, 1.54) is 0 Å². The predicted molar refractivity (Wildman–Crippen MR) is 135 cm³/mol. The molecule has 0 fully saturated rings. The number of ether oxygens (including phenoxy) is 3. The third-order valence-corrected chi connectivity index (χ3v) is 5.86. The van der Waals surface area contributed by atoms with Crippen LogP contribution in [-0.2, 0) is 6.54 Å². The monoisotopic (exact) mass is 474 g/mol. The summed E-state index contributed by atoms with van der Waals surface area (Å²) in [5.41, 5.74) is 4.79. The van der Waals surface area contributed by atoms with Crippen LogP contribution < -0.4 is 19.5 Å². The first kappa shape index (κ1) is 24.1. The summed E-state index contributed by atoms with van der Waals surface area (Å²) in [4.78, 5) is 18.0. The van der Waals surface area contributed by atoms with E-state index in [9.17, 15) is 4.79 Å². The quantitative estimate of drug-likeness (QED) is 0.358. The van der Waals surface area contributed by atoms with Crippen molar-refractivity contribution >= 4 is 16.8 Å². The molecule has 0 radical (unpaired) electrons. The number of carbonyl (C=O) groups excluding carboxylic acids is 1. The van der Waals surface area contributed by atoms with E-state index in [0.717, 1.165) is 40.8 Å². The molecule has 0 aliphatic carbocycles. The topological polar surface area (TPSA) is 87.5 Å². The minimum atomic E-state index is -0.148. The summed E-state index contributed by atoms with van der Waals surface area (Å²) < 4.78 is 18.4. The number of aromatic nitrogens is 3. The minimum absolute atomic E-state index is 0.148. The summed E-state index contributed by atoms with van der Waals surface area (Å²) in [5, 5.41) is 8.32. The lowest BCUT2D eigenvalue weighted by Gasteiger charge is -2.15. The van der Waals surface area contributed by atoms with Gasteiger partial charge in [0.15, 0.2) is 11.5 Å². The molecule has 1 amide bonds. The largest absolute Gasteiger partial charge is 0.493 e. The highest BCUT2D eigenvalue weighted by Crippen LogP contribution is 2.41. The Bertz CT molecular complexity index is 1340. The number of rotatable bonds is 9. The fourth-order valence-electron chi connectivity index (χ4n) is 4.17. The van der Waals surface area contributed by atoms with Crippen LogP contribution in [0.2, 0.25) is 0 Å². The molecule has 0 unspecified atom stereocenters. The van der Waals surface area contributed by atoms with Crippen molar-refractivity contribution in [1.82, 2.24) is 20.1 Å². The Balaban J connectivity index is 1.62. The maximum atomic E-state index is 13.2. The number of hydrogen-bond acceptors (Lipinski definition) is 6. The fraction of sp³-hybridized carbons (Fsp3) is 0.296. The molecule has 4 rings (SSSR count). The summed E-state index contributed by atoms with van der Waals surface area (Å²) in [6.07, 6.45) is 0.774. The molecule has 2 aromatic heterocycles. The van der Waals surface area contributed by atoms with Gasteiger partial charge in [0.05, 0.1) is 43.8 Å². The van der Waals surface area contributed by atoms with Crippen LogP contribution in [0.3, 0.4) is 0 Å². The van der Waals surface area contributed by atoms with E-state index in [0.29, 0.717) is 35.1 Å². The van der Waals surface area contributed by atoms with Crippen LogP contribution in [0, 0.1) is 13.8 Å². The van der Waals surface area contributed by atoms with Gasteiger partial charge in [0, 0.05) is 29.7 Å². The number of nitrogens with one attached hydrogen (secondary N) is 1. The third kappa shape index (κ3) is 5.06. The van der Waals surface area contributed by atoms with Gasteiger partial charge < -0.3 is 19.5 Å². The second-order valence-corrected chi connectivity index (χ2v) is 8.25. The number of fused-ring (bicyclic) bond motifs is 1. The van der Waals surface area contributed by atoms with Crippen LogP contribution in [-0.4, -0.2) is 48.5 Å². The van der Waals surface area contributed by atoms with Gasteiger partial charge in [-0.1, -0.05) is 18.2 Å². The van der Waals surface area contributed by atoms with Gasteiger partial charge in [-0.25, -0.2) is 4.98 Å². The number of pyridine rings is 1. The summed E-state index contributed by atoms with van der Waals surface area (Å²) in [7, 11) is 4.70. The van der Waals surface area contributed by atoms with Crippen molar-refractivity contribution < 1.29 is 19.0 Å². The van der Waals surface area contributed by atoms with E-state index >= 15 is 0 Å². The number of aryl methyl sites for hydroxylation is 3. The molecule has 0 saturated heterocycles. The molecule has 0 bridgehead atoms. The average Bonchev–Trinajstić information content (AvgIpc) is 3.21. The van der Waals surface area contributed by atoms with Crippen LogP contribution in [0.1, 0.15) is 28.2 Å². The van der Waals surface area contributed by atoms with Crippen LogP contribution in [0.15, 0.2) is 48.5 Å². The number of carbonyl (C=O) groups is 1. The Morgan fingerprint density at radius 1 is 0.971 bits per heavy atom. The first-order valence-electron chi connectivity index (χ1n) is 11.4. The number of nitrogens with zero attached hydrogens (tertiary/aromatic N) is 3. The van der Waals surface area contributed by atoms with Crippen LogP contribution in [0.25, 0.3) is 22.2 Å². The van der Waals surface area contributed by atoms with Crippen molar-refractivity contribution in [2.75, 3.05) is 27.9 Å². The fourth-order valence-corrected chi connectivity index (χ4v) is 4.17. The molecule has 4 aromatic rings. The zero-order chi connectivity index (χ0) is 24.9. The van der Waals surface area contributed by atoms with E-state index in [4.69, 9.17) is 19.2 Å². The molecule has 8 heteroatoms. The zero-order valence-corrected chi connectivity index (χ0v) is 20.7. The van der Waals surface area contributed by atoms with Crippen molar-refractivity contribution in [3.8, 4) is 28.5 Å². The number of benzene rings is 2. The Morgan fingerprint density at radius 2 is 1.69 bits per heavy atom. The van der Waals surface area contributed by atoms with E-state index in [-0.39, 0.29) is 5.91 Å². The Hall–Kier alpha value is -4.07. The summed E-state index contributed by atoms with van der Waals surface area (Å²) in [5.74, 6) is 1.39. The number of amides is 1. The van der Waals surface area contributed by atoms with Gasteiger partial charge in [-0.2, -0.15) is 5.10 Å². The van der Waals surface area contributed by atoms with Gasteiger partial charge in [-0.15, -0.1) is 0 Å². The van der Waals surface area contributed by atoms with Crippen molar-refractivity contribution in [2.45, 2.75) is 26.8 Å². The standard InChI is InChI=1S/C27H30N4O4/c1-17-13-18(2)31(30-17)12-8-11-28-27(32)21-16-23(29-22-10-7-6-9-20(21)22)19-14-24(33-3)26(35-5)25(15-19)34-4/h6-7,9-10,13-16H,8,11-12H2,1-5H3,(H,28,32). The maximum absolute atomic E-state index is 13.2. The predicted octanol–water partition coefficient (Wildman–Crippen LogP) is 4.56. The molecule has 0 atom stereocenters.